The Labute approximate surface area is 172 Å². The van der Waals surface area contributed by atoms with Crippen molar-refractivity contribution in [1.29, 1.82) is 0 Å². The van der Waals surface area contributed by atoms with Crippen LogP contribution < -0.4 is 10.4 Å². The van der Waals surface area contributed by atoms with Crippen molar-refractivity contribution < 1.29 is 47.6 Å². The lowest BCUT2D eigenvalue weighted by Crippen LogP contribution is -2.89. The Kier molecular flexibility index (Phi) is 9.95. The topological polar surface area (TPSA) is 140 Å². The van der Waals surface area contributed by atoms with E-state index in [1.807, 2.05) is 0 Å². The molecule has 1 saturated heterocycles. The number of benzene rings is 1. The van der Waals surface area contributed by atoms with Gasteiger partial charge in [-0.1, -0.05) is 0 Å². The summed E-state index contributed by atoms with van der Waals surface area (Å²) >= 11 is 1.14. The van der Waals surface area contributed by atoms with E-state index in [1.165, 1.54) is 6.07 Å². The van der Waals surface area contributed by atoms with E-state index in [4.69, 9.17) is 15.0 Å². The number of aliphatic hydroxyl groups excluding tert-OH is 1. The van der Waals surface area contributed by atoms with Gasteiger partial charge in [-0.15, -0.1) is 11.8 Å². The van der Waals surface area contributed by atoms with Crippen molar-refractivity contribution in [3.63, 3.8) is 0 Å². The van der Waals surface area contributed by atoms with Gasteiger partial charge in [0, 0.05) is 17.3 Å². The number of amides is 1. The molecule has 30 heavy (non-hydrogen) atoms. The number of nitro benzene ring substituents is 1. The molecule has 168 valence electrons. The van der Waals surface area contributed by atoms with Gasteiger partial charge in [-0.05, 0) is 12.5 Å². The summed E-state index contributed by atoms with van der Waals surface area (Å²) in [4.78, 5) is 33.5. The van der Waals surface area contributed by atoms with E-state index in [0.29, 0.717) is 25.3 Å². The number of thioether (sulfide) groups is 1. The molecule has 1 amide bonds. The zero-order chi connectivity index (χ0) is 22.9. The van der Waals surface area contributed by atoms with Crippen LogP contribution in [0.2, 0.25) is 0 Å². The van der Waals surface area contributed by atoms with Gasteiger partial charge in [-0.25, -0.2) is 4.39 Å². The fourth-order valence-corrected chi connectivity index (χ4v) is 3.24. The smallest absolute Gasteiger partial charge is 0.430 e. The molecule has 0 bridgehead atoms. The Morgan fingerprint density at radius 3 is 2.30 bits per heavy atom. The van der Waals surface area contributed by atoms with Crippen molar-refractivity contribution >= 4 is 29.3 Å². The second kappa shape index (κ2) is 11.7. The minimum absolute atomic E-state index is 0.0162. The third kappa shape index (κ3) is 7.76. The van der Waals surface area contributed by atoms with Crippen LogP contribution in [0, 0.1) is 15.9 Å². The van der Waals surface area contributed by atoms with E-state index >= 15 is 0 Å². The highest BCUT2D eigenvalue weighted by Gasteiger charge is 2.29. The monoisotopic (exact) mass is 457 g/mol. The lowest BCUT2D eigenvalue weighted by atomic mass is 10.1. The fourth-order valence-electron chi connectivity index (χ4n) is 2.35. The van der Waals surface area contributed by atoms with Gasteiger partial charge in [0.2, 0.25) is 0 Å². The van der Waals surface area contributed by atoms with Crippen molar-refractivity contribution in [2.24, 2.45) is 0 Å². The van der Waals surface area contributed by atoms with E-state index in [0.717, 1.165) is 30.9 Å². The quantitative estimate of drug-likeness (QED) is 0.193. The van der Waals surface area contributed by atoms with Crippen LogP contribution in [0.15, 0.2) is 17.0 Å². The highest BCUT2D eigenvalue weighted by atomic mass is 32.2. The first-order chi connectivity index (χ1) is 14.0. The molecule has 0 spiro atoms. The third-order valence-corrected chi connectivity index (χ3v) is 4.88. The number of quaternary nitrogens is 1. The van der Waals surface area contributed by atoms with Crippen molar-refractivity contribution in [3.05, 3.63) is 33.6 Å². The van der Waals surface area contributed by atoms with E-state index in [2.05, 4.69) is 5.32 Å². The van der Waals surface area contributed by atoms with Crippen LogP contribution in [0.25, 0.3) is 0 Å². The number of nitrogens with two attached hydrogens (primary N) is 1. The number of carbonyl (C=O) groups is 2. The number of hydrogen-bond donors (Lipinski definition) is 2. The molecule has 0 radical (unpaired) electrons. The summed E-state index contributed by atoms with van der Waals surface area (Å²) in [7, 11) is 0. The molecule has 0 unspecified atom stereocenters. The minimum atomic E-state index is -5.19. The molecular formula is C16H19F4N3O6S. The summed E-state index contributed by atoms with van der Waals surface area (Å²) < 4.78 is 45.6. The normalized spacial score (nSPS) is 14.0. The van der Waals surface area contributed by atoms with Crippen LogP contribution in [-0.2, 0) is 4.79 Å². The van der Waals surface area contributed by atoms with Gasteiger partial charge in [0.15, 0.2) is 0 Å². The first-order valence-electron chi connectivity index (χ1n) is 8.59. The number of aliphatic carboxylic acids is 1. The Hall–Kier alpha value is -2.45. The van der Waals surface area contributed by atoms with Crippen LogP contribution in [0.3, 0.4) is 0 Å². The molecule has 0 atom stereocenters. The average Bonchev–Trinajstić information content (AvgIpc) is 2.69. The van der Waals surface area contributed by atoms with Crippen LogP contribution in [0.4, 0.5) is 23.2 Å². The third-order valence-electron chi connectivity index (χ3n) is 3.76. The van der Waals surface area contributed by atoms with Crippen molar-refractivity contribution in [3.8, 4) is 0 Å². The first-order valence-corrected chi connectivity index (χ1v) is 9.58. The van der Waals surface area contributed by atoms with E-state index in [-0.39, 0.29) is 17.1 Å². The molecule has 2 rings (SSSR count). The molecule has 1 aliphatic rings. The fraction of sp³-hybridized carbons (Fsp3) is 0.500. The summed E-state index contributed by atoms with van der Waals surface area (Å²) in [6.45, 7) is 2.51. The predicted molar refractivity (Wildman–Crippen MR) is 94.1 cm³/mol. The zero-order valence-corrected chi connectivity index (χ0v) is 16.3. The molecule has 0 aromatic heterocycles. The second-order valence-corrected chi connectivity index (χ2v) is 7.06. The number of aliphatic hydroxyl groups is 1. The summed E-state index contributed by atoms with van der Waals surface area (Å²) in [5, 5.41) is 30.8. The Balaban J connectivity index is 0.000000553. The SMILES string of the molecule is O=C([O-])C(F)(F)F.O=C(c1cc(SCCCO)c(F)cc1[N+](=O)[O-])N1CC[NH2+]CC1. The predicted octanol–water partition coefficient (Wildman–Crippen LogP) is -0.474. The lowest BCUT2D eigenvalue weighted by molar-refractivity contribution is -0.661. The van der Waals surface area contributed by atoms with Crippen molar-refractivity contribution in [2.75, 3.05) is 38.5 Å². The first kappa shape index (κ1) is 25.6. The molecule has 1 aromatic rings. The van der Waals surface area contributed by atoms with Crippen molar-refractivity contribution in [1.82, 2.24) is 4.90 Å². The Morgan fingerprint density at radius 1 is 1.27 bits per heavy atom. The van der Waals surface area contributed by atoms with Crippen LogP contribution in [0.1, 0.15) is 16.8 Å². The van der Waals surface area contributed by atoms with E-state index < -0.39 is 34.5 Å². The van der Waals surface area contributed by atoms with Gasteiger partial charge in [0.1, 0.15) is 17.3 Å². The summed E-state index contributed by atoms with van der Waals surface area (Å²) in [5.74, 6) is -3.69. The standard InChI is InChI=1S/C14H18FN3O4S.C2HF3O2/c15-11-9-12(18(21)22)10(8-13(11)23-7-1-6-19)14(20)17-4-2-16-3-5-17;3-2(4,5)1(6)7/h8-9,16,19H,1-7H2;(H,6,7). The molecule has 1 aromatic carbocycles. The molecular weight excluding hydrogens is 438 g/mol. The van der Waals surface area contributed by atoms with Gasteiger partial charge >= 0.3 is 6.18 Å². The van der Waals surface area contributed by atoms with Gasteiger partial charge in [0.05, 0.1) is 37.2 Å². The second-order valence-electron chi connectivity index (χ2n) is 5.93. The maximum absolute atomic E-state index is 14.0. The van der Waals surface area contributed by atoms with Crippen molar-refractivity contribution in [2.45, 2.75) is 17.5 Å². The van der Waals surface area contributed by atoms with Gasteiger partial charge in [0.25, 0.3) is 11.6 Å². The highest BCUT2D eigenvalue weighted by Crippen LogP contribution is 2.30. The molecule has 0 aliphatic carbocycles. The largest absolute Gasteiger partial charge is 0.542 e. The van der Waals surface area contributed by atoms with Crippen LogP contribution in [-0.4, -0.2) is 71.5 Å². The molecule has 1 aliphatic heterocycles. The Bertz CT molecular complexity index is 772. The van der Waals surface area contributed by atoms with Gasteiger partial charge < -0.3 is 25.2 Å². The number of rotatable bonds is 6. The number of hydrogen-bond acceptors (Lipinski definition) is 7. The number of halogens is 4. The molecule has 1 heterocycles. The van der Waals surface area contributed by atoms with E-state index in [9.17, 15) is 32.5 Å². The number of alkyl halides is 3. The van der Waals surface area contributed by atoms with Crippen LogP contribution in [0.5, 0.6) is 0 Å². The number of nitrogens with zero attached hydrogens (tertiary/aromatic N) is 2. The van der Waals surface area contributed by atoms with Crippen LogP contribution >= 0.6 is 11.8 Å². The van der Waals surface area contributed by atoms with E-state index in [1.54, 1.807) is 4.90 Å². The number of nitro groups is 1. The summed E-state index contributed by atoms with van der Waals surface area (Å²) in [5.41, 5.74) is -0.585. The highest BCUT2D eigenvalue weighted by molar-refractivity contribution is 7.99. The van der Waals surface area contributed by atoms with Gasteiger partial charge in [-0.3, -0.25) is 14.9 Å². The molecule has 9 nitrogen and oxygen atoms in total. The molecule has 14 heteroatoms. The summed E-state index contributed by atoms with van der Waals surface area (Å²) in [6.07, 6.45) is -4.72. The number of carboxylic acids is 1. The molecule has 3 N–H and O–H groups in total. The Morgan fingerprint density at radius 2 is 1.83 bits per heavy atom. The molecule has 0 saturated carbocycles. The minimum Gasteiger partial charge on any atom is -0.542 e. The average molecular weight is 457 g/mol. The summed E-state index contributed by atoms with van der Waals surface area (Å²) in [6, 6.07) is 2.07. The molecule has 1 fully saturated rings. The maximum atomic E-state index is 14.0. The maximum Gasteiger partial charge on any atom is 0.430 e. The van der Waals surface area contributed by atoms with Gasteiger partial charge in [-0.2, -0.15) is 13.2 Å². The lowest BCUT2D eigenvalue weighted by Gasteiger charge is -2.25. The zero-order valence-electron chi connectivity index (χ0n) is 15.5. The number of piperazine rings is 1. The number of carboxylic acid groups (broad SMARTS) is 1. The number of carbonyl (C=O) groups excluding carboxylic acids is 2.